The SMILES string of the molecule is CC.O=CN1CCCC1.c1cc2c(Nc3cc(C4CC4)[nH]n3)nc(N3CCCC3)nn2c1. The first kappa shape index (κ1) is 22.1. The summed E-state index contributed by atoms with van der Waals surface area (Å²) >= 11 is 0. The molecule has 172 valence electrons. The number of rotatable bonds is 5. The molecule has 9 heteroatoms. The molecule has 2 N–H and O–H groups in total. The van der Waals surface area contributed by atoms with Crippen LogP contribution in [0.5, 0.6) is 0 Å². The van der Waals surface area contributed by atoms with Gasteiger partial charge in [0.05, 0.1) is 0 Å². The molecular weight excluding hydrogens is 404 g/mol. The minimum atomic E-state index is 0.664. The van der Waals surface area contributed by atoms with Gasteiger partial charge in [-0.3, -0.25) is 9.89 Å². The first-order chi connectivity index (χ1) is 15.8. The summed E-state index contributed by atoms with van der Waals surface area (Å²) in [4.78, 5) is 18.7. The van der Waals surface area contributed by atoms with E-state index in [1.165, 1.54) is 44.2 Å². The fourth-order valence-electron chi connectivity index (χ4n) is 4.04. The van der Waals surface area contributed by atoms with Crippen LogP contribution in [-0.2, 0) is 4.79 Å². The summed E-state index contributed by atoms with van der Waals surface area (Å²) in [5.74, 6) is 3.07. The maximum atomic E-state index is 9.93. The first-order valence-electron chi connectivity index (χ1n) is 11.9. The van der Waals surface area contributed by atoms with E-state index >= 15 is 0 Å². The Kier molecular flexibility index (Phi) is 7.24. The van der Waals surface area contributed by atoms with Gasteiger partial charge in [0.25, 0.3) is 0 Å². The summed E-state index contributed by atoms with van der Waals surface area (Å²) in [6.45, 7) is 8.01. The van der Waals surface area contributed by atoms with Crippen molar-refractivity contribution in [3.8, 4) is 0 Å². The van der Waals surface area contributed by atoms with Crippen LogP contribution in [0.15, 0.2) is 24.4 Å². The van der Waals surface area contributed by atoms with Crippen molar-refractivity contribution >= 4 is 29.5 Å². The van der Waals surface area contributed by atoms with E-state index in [-0.39, 0.29) is 0 Å². The summed E-state index contributed by atoms with van der Waals surface area (Å²) in [7, 11) is 0. The maximum absolute atomic E-state index is 9.93. The maximum Gasteiger partial charge on any atom is 0.245 e. The Hall–Kier alpha value is -3.10. The van der Waals surface area contributed by atoms with Crippen molar-refractivity contribution in [1.29, 1.82) is 0 Å². The predicted molar refractivity (Wildman–Crippen MR) is 126 cm³/mol. The van der Waals surface area contributed by atoms with Crippen LogP contribution < -0.4 is 10.2 Å². The third-order valence-electron chi connectivity index (χ3n) is 5.92. The number of hydrogen-bond donors (Lipinski definition) is 2. The Labute approximate surface area is 189 Å². The summed E-state index contributed by atoms with van der Waals surface area (Å²) in [6, 6.07) is 6.10. The Morgan fingerprint density at radius 3 is 2.47 bits per heavy atom. The molecule has 1 amide bonds. The molecule has 0 atom stereocenters. The van der Waals surface area contributed by atoms with Gasteiger partial charge < -0.3 is 15.1 Å². The fraction of sp³-hybridized carbons (Fsp3) is 0.565. The van der Waals surface area contributed by atoms with E-state index < -0.39 is 0 Å². The zero-order chi connectivity index (χ0) is 22.3. The molecule has 2 saturated heterocycles. The van der Waals surface area contributed by atoms with Crippen LogP contribution in [0.25, 0.3) is 5.52 Å². The number of aromatic amines is 1. The topological polar surface area (TPSA) is 94.4 Å². The monoisotopic (exact) mass is 438 g/mol. The van der Waals surface area contributed by atoms with E-state index in [1.807, 2.05) is 36.7 Å². The highest BCUT2D eigenvalue weighted by Gasteiger charge is 2.26. The highest BCUT2D eigenvalue weighted by atomic mass is 16.1. The summed E-state index contributed by atoms with van der Waals surface area (Å²) < 4.78 is 1.89. The van der Waals surface area contributed by atoms with Crippen LogP contribution in [0.1, 0.15) is 64.0 Å². The van der Waals surface area contributed by atoms with Gasteiger partial charge in [0.2, 0.25) is 12.4 Å². The lowest BCUT2D eigenvalue weighted by Crippen LogP contribution is -2.22. The molecule has 32 heavy (non-hydrogen) atoms. The van der Waals surface area contributed by atoms with E-state index in [9.17, 15) is 4.79 Å². The van der Waals surface area contributed by atoms with E-state index in [4.69, 9.17) is 4.98 Å². The number of nitrogens with one attached hydrogen (secondary N) is 2. The van der Waals surface area contributed by atoms with Gasteiger partial charge in [-0.05, 0) is 50.7 Å². The third-order valence-corrected chi connectivity index (χ3v) is 5.92. The second kappa shape index (κ2) is 10.5. The highest BCUT2D eigenvalue weighted by molar-refractivity contribution is 5.73. The van der Waals surface area contributed by atoms with Crippen LogP contribution in [0.2, 0.25) is 0 Å². The molecule has 0 spiro atoms. The molecule has 0 unspecified atom stereocenters. The Balaban J connectivity index is 0.000000232. The average molecular weight is 439 g/mol. The molecule has 9 nitrogen and oxygen atoms in total. The summed E-state index contributed by atoms with van der Waals surface area (Å²) in [6.07, 6.45) is 10.2. The van der Waals surface area contributed by atoms with Crippen molar-refractivity contribution in [3.05, 3.63) is 30.1 Å². The van der Waals surface area contributed by atoms with E-state index in [0.29, 0.717) is 5.92 Å². The molecule has 1 saturated carbocycles. The lowest BCUT2D eigenvalue weighted by molar-refractivity contribution is -0.117. The molecule has 0 radical (unpaired) electrons. The molecule has 1 aliphatic carbocycles. The fourth-order valence-corrected chi connectivity index (χ4v) is 4.04. The molecular formula is C23H34N8O. The van der Waals surface area contributed by atoms with Crippen molar-refractivity contribution in [2.75, 3.05) is 36.4 Å². The highest BCUT2D eigenvalue weighted by Crippen LogP contribution is 2.39. The number of hydrogen-bond acceptors (Lipinski definition) is 6. The van der Waals surface area contributed by atoms with Crippen LogP contribution in [0.3, 0.4) is 0 Å². The lowest BCUT2D eigenvalue weighted by Gasteiger charge is -2.16. The number of amides is 1. The molecule has 0 bridgehead atoms. The smallest absolute Gasteiger partial charge is 0.245 e. The molecule has 6 rings (SSSR count). The first-order valence-corrected chi connectivity index (χ1v) is 11.9. The molecule has 3 fully saturated rings. The molecule has 3 aliphatic rings. The number of H-pyrrole nitrogens is 1. The van der Waals surface area contributed by atoms with E-state index in [1.54, 1.807) is 4.90 Å². The molecule has 3 aromatic rings. The molecule has 2 aliphatic heterocycles. The van der Waals surface area contributed by atoms with E-state index in [0.717, 1.165) is 55.7 Å². The number of likely N-dealkylation sites (tertiary alicyclic amines) is 1. The number of fused-ring (bicyclic) bond motifs is 1. The summed E-state index contributed by atoms with van der Waals surface area (Å²) in [5, 5.41) is 15.5. The Morgan fingerprint density at radius 1 is 1.09 bits per heavy atom. The Morgan fingerprint density at radius 2 is 1.81 bits per heavy atom. The van der Waals surface area contributed by atoms with Gasteiger partial charge in [-0.1, -0.05) is 13.8 Å². The standard InChI is InChI=1S/C16H19N7.C5H9NO.C2H6/c1-2-8-22(7-1)16-18-15(13-4-3-9-23(13)21-16)17-14-10-12(19-20-14)11-5-6-11;7-5-6-3-1-2-4-6;1-2/h3-4,9-11H,1-2,5-8H2,(H2,17,18,19,20,21);5H,1-4H2;1-2H3. The number of carbonyl (C=O) groups is 1. The zero-order valence-corrected chi connectivity index (χ0v) is 19.1. The average Bonchev–Trinajstić information content (AvgIpc) is 3.37. The predicted octanol–water partition coefficient (Wildman–Crippen LogP) is 3.94. The third kappa shape index (κ3) is 5.20. The largest absolute Gasteiger partial charge is 0.345 e. The second-order valence-corrected chi connectivity index (χ2v) is 8.25. The van der Waals surface area contributed by atoms with Crippen LogP contribution in [0, 0.1) is 0 Å². The van der Waals surface area contributed by atoms with E-state index in [2.05, 4.69) is 31.6 Å². The number of aromatic nitrogens is 5. The van der Waals surface area contributed by atoms with Crippen LogP contribution in [0.4, 0.5) is 17.6 Å². The van der Waals surface area contributed by atoms with Crippen molar-refractivity contribution < 1.29 is 4.79 Å². The quantitative estimate of drug-likeness (QED) is 0.586. The van der Waals surface area contributed by atoms with Gasteiger partial charge in [0, 0.05) is 50.1 Å². The molecule has 0 aromatic carbocycles. The van der Waals surface area contributed by atoms with Gasteiger partial charge in [-0.15, -0.1) is 5.10 Å². The molecule has 5 heterocycles. The summed E-state index contributed by atoms with van der Waals surface area (Å²) in [5.41, 5.74) is 2.18. The van der Waals surface area contributed by atoms with Crippen molar-refractivity contribution in [3.63, 3.8) is 0 Å². The van der Waals surface area contributed by atoms with Crippen molar-refractivity contribution in [2.24, 2.45) is 0 Å². The number of nitrogens with zero attached hydrogens (tertiary/aromatic N) is 6. The minimum Gasteiger partial charge on any atom is -0.345 e. The lowest BCUT2D eigenvalue weighted by atomic mass is 10.3. The van der Waals surface area contributed by atoms with Crippen LogP contribution >= 0.6 is 0 Å². The number of carbonyl (C=O) groups excluding carboxylic acids is 1. The molecule has 3 aromatic heterocycles. The van der Waals surface area contributed by atoms with Crippen molar-refractivity contribution in [2.45, 2.75) is 58.3 Å². The Bertz CT molecular complexity index is 997. The number of anilines is 3. The normalized spacial score (nSPS) is 17.6. The van der Waals surface area contributed by atoms with Crippen LogP contribution in [-0.4, -0.2) is 62.3 Å². The van der Waals surface area contributed by atoms with Gasteiger partial charge in [0.1, 0.15) is 5.52 Å². The van der Waals surface area contributed by atoms with Gasteiger partial charge >= 0.3 is 0 Å². The van der Waals surface area contributed by atoms with Gasteiger partial charge in [0.15, 0.2) is 11.6 Å². The van der Waals surface area contributed by atoms with Crippen molar-refractivity contribution in [1.82, 2.24) is 29.7 Å². The second-order valence-electron chi connectivity index (χ2n) is 8.25. The van der Waals surface area contributed by atoms with Gasteiger partial charge in [-0.2, -0.15) is 10.1 Å². The zero-order valence-electron chi connectivity index (χ0n) is 19.1. The van der Waals surface area contributed by atoms with Gasteiger partial charge in [-0.25, -0.2) is 4.52 Å². The minimum absolute atomic E-state index is 0.664.